The van der Waals surface area contributed by atoms with Gasteiger partial charge in [0.2, 0.25) is 0 Å². The molecule has 1 saturated heterocycles. The third kappa shape index (κ3) is 2.70. The maximum atomic E-state index is 12.1. The second-order valence-corrected chi connectivity index (χ2v) is 6.52. The Morgan fingerprint density at radius 2 is 2.00 bits per heavy atom. The van der Waals surface area contributed by atoms with E-state index in [4.69, 9.17) is 4.74 Å². The number of hydrogen-bond donors (Lipinski definition) is 2. The van der Waals surface area contributed by atoms with Crippen LogP contribution >= 0.6 is 0 Å². The van der Waals surface area contributed by atoms with Crippen molar-refractivity contribution in [1.29, 1.82) is 0 Å². The predicted octanol–water partition coefficient (Wildman–Crippen LogP) is 3.86. The number of aromatic nitrogens is 1. The number of methoxy groups -OCH3 is 1. The number of carbonyl (C=O) groups excluding carboxylic acids is 2. The molecule has 2 aromatic carbocycles. The van der Waals surface area contributed by atoms with Crippen LogP contribution in [0.5, 0.6) is 0 Å². The second-order valence-electron chi connectivity index (χ2n) is 6.52. The van der Waals surface area contributed by atoms with Crippen LogP contribution in [0.25, 0.3) is 22.2 Å². The summed E-state index contributed by atoms with van der Waals surface area (Å²) in [4.78, 5) is 27.2. The maximum absolute atomic E-state index is 12.1. The van der Waals surface area contributed by atoms with Crippen molar-refractivity contribution in [2.75, 3.05) is 13.7 Å². The third-order valence-corrected chi connectivity index (χ3v) is 5.05. The fourth-order valence-electron chi connectivity index (χ4n) is 3.75. The molecule has 0 saturated carbocycles. The molecule has 1 aromatic heterocycles. The Balaban J connectivity index is 1.81. The Labute approximate surface area is 151 Å². The molecule has 1 fully saturated rings. The minimum atomic E-state index is -0.452. The van der Waals surface area contributed by atoms with Crippen molar-refractivity contribution in [2.45, 2.75) is 18.9 Å². The summed E-state index contributed by atoms with van der Waals surface area (Å²) in [5.41, 5.74) is 4.50. The van der Waals surface area contributed by atoms with Gasteiger partial charge in [-0.05, 0) is 42.6 Å². The number of aldehydes is 1. The van der Waals surface area contributed by atoms with Crippen LogP contribution in [0.2, 0.25) is 0 Å². The monoisotopic (exact) mass is 348 g/mol. The summed E-state index contributed by atoms with van der Waals surface area (Å²) in [5, 5.41) is 4.09. The van der Waals surface area contributed by atoms with E-state index in [0.29, 0.717) is 22.6 Å². The summed E-state index contributed by atoms with van der Waals surface area (Å²) in [7, 11) is 1.34. The zero-order valence-corrected chi connectivity index (χ0v) is 14.5. The molecule has 0 amide bonds. The molecule has 1 aliphatic heterocycles. The first-order valence-electron chi connectivity index (χ1n) is 8.75. The van der Waals surface area contributed by atoms with E-state index < -0.39 is 5.97 Å². The zero-order valence-electron chi connectivity index (χ0n) is 14.5. The predicted molar refractivity (Wildman–Crippen MR) is 100 cm³/mol. The summed E-state index contributed by atoms with van der Waals surface area (Å²) < 4.78 is 4.86. The van der Waals surface area contributed by atoms with Crippen LogP contribution in [0, 0.1) is 0 Å². The van der Waals surface area contributed by atoms with Gasteiger partial charge in [-0.3, -0.25) is 4.79 Å². The average molecular weight is 348 g/mol. The topological polar surface area (TPSA) is 71.2 Å². The first kappa shape index (κ1) is 16.5. The van der Waals surface area contributed by atoms with Gasteiger partial charge in [0.15, 0.2) is 6.29 Å². The molecule has 0 radical (unpaired) electrons. The fraction of sp³-hybridized carbons (Fsp3) is 0.238. The molecular formula is C21H20N2O3. The van der Waals surface area contributed by atoms with E-state index in [2.05, 4.69) is 22.4 Å². The summed E-state index contributed by atoms with van der Waals surface area (Å²) in [6, 6.07) is 13.9. The molecule has 0 spiro atoms. The normalized spacial score (nSPS) is 16.7. The summed E-state index contributed by atoms with van der Waals surface area (Å²) in [5.74, 6) is -0.452. The third-order valence-electron chi connectivity index (χ3n) is 5.05. The minimum Gasteiger partial charge on any atom is -0.465 e. The number of nitrogens with one attached hydrogen (secondary N) is 2. The number of fused-ring (bicyclic) bond motifs is 1. The van der Waals surface area contributed by atoms with E-state index in [9.17, 15) is 9.59 Å². The van der Waals surface area contributed by atoms with E-state index in [1.54, 1.807) is 12.1 Å². The van der Waals surface area contributed by atoms with Gasteiger partial charge in [-0.2, -0.15) is 0 Å². The smallest absolute Gasteiger partial charge is 0.338 e. The largest absolute Gasteiger partial charge is 0.465 e. The fourth-order valence-corrected chi connectivity index (χ4v) is 3.75. The lowest BCUT2D eigenvalue weighted by molar-refractivity contribution is 0.0603. The molecular weight excluding hydrogens is 328 g/mol. The number of carbonyl (C=O) groups is 2. The van der Waals surface area contributed by atoms with E-state index in [-0.39, 0.29) is 0 Å². The van der Waals surface area contributed by atoms with Crippen molar-refractivity contribution < 1.29 is 14.3 Å². The first-order valence-corrected chi connectivity index (χ1v) is 8.75. The summed E-state index contributed by atoms with van der Waals surface area (Å²) in [6.45, 7) is 1.06. The number of rotatable bonds is 4. The Bertz CT molecular complexity index is 967. The molecule has 5 heteroatoms. The highest BCUT2D eigenvalue weighted by Gasteiger charge is 2.20. The SMILES string of the molecule is COC(=O)c1cccc2[nH]c(-c3ccc(C4CCCN4)cc3)c(C=O)c12. The maximum Gasteiger partial charge on any atom is 0.338 e. The van der Waals surface area contributed by atoms with Crippen LogP contribution in [-0.2, 0) is 4.74 Å². The van der Waals surface area contributed by atoms with Crippen molar-refractivity contribution in [2.24, 2.45) is 0 Å². The van der Waals surface area contributed by atoms with Gasteiger partial charge in [0, 0.05) is 22.5 Å². The van der Waals surface area contributed by atoms with Crippen molar-refractivity contribution in [3.05, 3.63) is 59.2 Å². The van der Waals surface area contributed by atoms with Crippen LogP contribution in [0.15, 0.2) is 42.5 Å². The van der Waals surface area contributed by atoms with Gasteiger partial charge < -0.3 is 15.0 Å². The molecule has 132 valence electrons. The molecule has 0 bridgehead atoms. The van der Waals surface area contributed by atoms with Crippen LogP contribution in [-0.4, -0.2) is 30.9 Å². The number of benzene rings is 2. The van der Waals surface area contributed by atoms with Gasteiger partial charge in [-0.25, -0.2) is 4.79 Å². The van der Waals surface area contributed by atoms with Crippen LogP contribution < -0.4 is 5.32 Å². The van der Waals surface area contributed by atoms with Gasteiger partial charge in [0.25, 0.3) is 0 Å². The highest BCUT2D eigenvalue weighted by atomic mass is 16.5. The van der Waals surface area contributed by atoms with E-state index in [1.165, 1.54) is 19.1 Å². The highest BCUT2D eigenvalue weighted by molar-refractivity contribution is 6.13. The molecule has 2 N–H and O–H groups in total. The van der Waals surface area contributed by atoms with Crippen LogP contribution in [0.3, 0.4) is 0 Å². The lowest BCUT2D eigenvalue weighted by Crippen LogP contribution is -2.12. The number of ether oxygens (including phenoxy) is 1. The second kappa shape index (κ2) is 6.77. The molecule has 26 heavy (non-hydrogen) atoms. The van der Waals surface area contributed by atoms with Gasteiger partial charge >= 0.3 is 5.97 Å². The van der Waals surface area contributed by atoms with Gasteiger partial charge in [0.05, 0.1) is 18.4 Å². The molecule has 4 rings (SSSR count). The molecule has 0 aliphatic carbocycles. The van der Waals surface area contributed by atoms with Crippen molar-refractivity contribution in [1.82, 2.24) is 10.3 Å². The number of H-pyrrole nitrogens is 1. The quantitative estimate of drug-likeness (QED) is 0.555. The van der Waals surface area contributed by atoms with E-state index >= 15 is 0 Å². The number of aromatic amines is 1. The number of hydrogen-bond acceptors (Lipinski definition) is 4. The van der Waals surface area contributed by atoms with E-state index in [0.717, 1.165) is 36.0 Å². The van der Waals surface area contributed by atoms with Crippen LogP contribution in [0.4, 0.5) is 0 Å². The Morgan fingerprint density at radius 1 is 1.19 bits per heavy atom. The Morgan fingerprint density at radius 3 is 2.65 bits per heavy atom. The molecule has 1 aliphatic rings. The van der Waals surface area contributed by atoms with Crippen molar-refractivity contribution in [3.8, 4) is 11.3 Å². The van der Waals surface area contributed by atoms with Gasteiger partial charge in [-0.15, -0.1) is 0 Å². The minimum absolute atomic E-state index is 0.390. The first-order chi connectivity index (χ1) is 12.7. The Kier molecular flexibility index (Phi) is 4.31. The van der Waals surface area contributed by atoms with E-state index in [1.807, 2.05) is 18.2 Å². The van der Waals surface area contributed by atoms with Gasteiger partial charge in [0.1, 0.15) is 0 Å². The summed E-state index contributed by atoms with van der Waals surface area (Å²) >= 11 is 0. The van der Waals surface area contributed by atoms with Gasteiger partial charge in [-0.1, -0.05) is 30.3 Å². The lowest BCUT2D eigenvalue weighted by Gasteiger charge is -2.11. The standard InChI is InChI=1S/C21H20N2O3/c1-26-21(25)15-4-2-5-18-19(15)16(12-24)20(23-18)14-9-7-13(8-10-14)17-6-3-11-22-17/h2,4-5,7-10,12,17,22-23H,3,6,11H2,1H3. The zero-order chi connectivity index (χ0) is 18.1. The highest BCUT2D eigenvalue weighted by Crippen LogP contribution is 2.33. The Hall–Kier alpha value is -2.92. The summed E-state index contributed by atoms with van der Waals surface area (Å²) in [6.07, 6.45) is 3.14. The van der Waals surface area contributed by atoms with Crippen molar-refractivity contribution in [3.63, 3.8) is 0 Å². The lowest BCUT2D eigenvalue weighted by atomic mass is 9.99. The van der Waals surface area contributed by atoms with Crippen molar-refractivity contribution >= 4 is 23.2 Å². The molecule has 1 unspecified atom stereocenters. The molecule has 1 atom stereocenters. The molecule has 5 nitrogen and oxygen atoms in total. The number of esters is 1. The molecule has 3 aromatic rings. The average Bonchev–Trinajstić information content (AvgIpc) is 3.34. The van der Waals surface area contributed by atoms with Crippen LogP contribution in [0.1, 0.15) is 45.2 Å². The molecule has 2 heterocycles.